The van der Waals surface area contributed by atoms with Crippen LogP contribution in [0.1, 0.15) is 25.8 Å². The minimum Gasteiger partial charge on any atom is -0.495 e. The Labute approximate surface area is 183 Å². The Kier molecular flexibility index (Phi) is 8.18. The largest absolute Gasteiger partial charge is 0.495 e. The molecule has 1 amide bonds. The van der Waals surface area contributed by atoms with Gasteiger partial charge < -0.3 is 10.1 Å². The first-order valence-corrected chi connectivity index (χ1v) is 12.6. The molecule has 0 aliphatic carbocycles. The number of anilines is 1. The van der Waals surface area contributed by atoms with Crippen molar-refractivity contribution >= 4 is 31.6 Å². The van der Waals surface area contributed by atoms with E-state index in [1.807, 2.05) is 0 Å². The van der Waals surface area contributed by atoms with Gasteiger partial charge in [0.15, 0.2) is 0 Å². The lowest BCUT2D eigenvalue weighted by molar-refractivity contribution is -0.116. The third-order valence-electron chi connectivity index (χ3n) is 4.68. The molecule has 0 aliphatic heterocycles. The molecule has 0 spiro atoms. The van der Waals surface area contributed by atoms with Gasteiger partial charge in [0.25, 0.3) is 0 Å². The molecule has 0 saturated heterocycles. The first kappa shape index (κ1) is 24.8. The zero-order chi connectivity index (χ0) is 23.2. The number of sulfonamides is 2. The minimum atomic E-state index is -3.77. The fourth-order valence-electron chi connectivity index (χ4n) is 2.97. The number of nitrogens with zero attached hydrogens (tertiary/aromatic N) is 1. The molecular weight excluding hydrogens is 442 g/mol. The molecule has 2 rings (SSSR count). The van der Waals surface area contributed by atoms with Crippen LogP contribution in [0.5, 0.6) is 5.75 Å². The number of nitrogens with two attached hydrogens (primary N) is 1. The molecule has 0 atom stereocenters. The molecule has 0 bridgehead atoms. The van der Waals surface area contributed by atoms with Gasteiger partial charge in [-0.25, -0.2) is 22.0 Å². The second-order valence-electron chi connectivity index (χ2n) is 6.69. The van der Waals surface area contributed by atoms with Gasteiger partial charge in [-0.2, -0.15) is 4.31 Å². The van der Waals surface area contributed by atoms with Crippen molar-refractivity contribution in [1.29, 1.82) is 0 Å². The number of hydrogen-bond donors (Lipinski definition) is 2. The van der Waals surface area contributed by atoms with E-state index in [9.17, 15) is 21.6 Å². The van der Waals surface area contributed by atoms with Crippen LogP contribution in [0.25, 0.3) is 0 Å². The van der Waals surface area contributed by atoms with Crippen LogP contribution in [0, 0.1) is 0 Å². The summed E-state index contributed by atoms with van der Waals surface area (Å²) >= 11 is 0. The maximum absolute atomic E-state index is 12.8. The number of aryl methyl sites for hydroxylation is 1. The quantitative estimate of drug-likeness (QED) is 0.546. The van der Waals surface area contributed by atoms with E-state index in [-0.39, 0.29) is 27.8 Å². The molecule has 2 aromatic carbocycles. The summed E-state index contributed by atoms with van der Waals surface area (Å²) in [6.07, 6.45) is 0.460. The minimum absolute atomic E-state index is 0.00309. The van der Waals surface area contributed by atoms with Crippen LogP contribution < -0.4 is 15.2 Å². The van der Waals surface area contributed by atoms with Crippen molar-refractivity contribution in [2.24, 2.45) is 5.14 Å². The van der Waals surface area contributed by atoms with Crippen LogP contribution >= 0.6 is 0 Å². The van der Waals surface area contributed by atoms with Gasteiger partial charge in [0.05, 0.1) is 22.6 Å². The Morgan fingerprint density at radius 1 is 1.00 bits per heavy atom. The lowest BCUT2D eigenvalue weighted by Gasteiger charge is -2.19. The van der Waals surface area contributed by atoms with E-state index in [0.717, 1.165) is 5.56 Å². The fraction of sp³-hybridized carbons (Fsp3) is 0.350. The molecule has 11 heteroatoms. The van der Waals surface area contributed by atoms with Gasteiger partial charge >= 0.3 is 0 Å². The van der Waals surface area contributed by atoms with Crippen molar-refractivity contribution in [2.45, 2.75) is 36.5 Å². The lowest BCUT2D eigenvalue weighted by Crippen LogP contribution is -2.30. The molecule has 0 heterocycles. The first-order valence-electron chi connectivity index (χ1n) is 9.62. The summed E-state index contributed by atoms with van der Waals surface area (Å²) < 4.78 is 54.7. The first-order chi connectivity index (χ1) is 14.5. The van der Waals surface area contributed by atoms with Crippen molar-refractivity contribution < 1.29 is 26.4 Å². The zero-order valence-corrected chi connectivity index (χ0v) is 19.3. The highest BCUT2D eigenvalue weighted by molar-refractivity contribution is 7.89. The molecule has 0 radical (unpaired) electrons. The van der Waals surface area contributed by atoms with Crippen molar-refractivity contribution in [1.82, 2.24) is 4.31 Å². The summed E-state index contributed by atoms with van der Waals surface area (Å²) in [6.45, 7) is 4.17. The van der Waals surface area contributed by atoms with E-state index >= 15 is 0 Å². The maximum atomic E-state index is 12.8. The van der Waals surface area contributed by atoms with Gasteiger partial charge in [-0.05, 0) is 42.3 Å². The van der Waals surface area contributed by atoms with Gasteiger partial charge in [0, 0.05) is 19.5 Å². The third-order valence-corrected chi connectivity index (χ3v) is 7.66. The number of carbonyl (C=O) groups is 1. The molecular formula is C20H27N3O6S2. The number of ether oxygens (including phenoxy) is 1. The average Bonchev–Trinajstić information content (AvgIpc) is 2.72. The lowest BCUT2D eigenvalue weighted by atomic mass is 10.1. The standard InChI is InChI=1S/C20H27N3O6S2/c1-4-23(5-2)31(27,28)17-11-12-19(29-3)18(14-17)22-20(24)13-8-15-6-9-16(10-7-15)30(21,25)26/h6-7,9-12,14H,4-5,8,13H2,1-3H3,(H,22,24)(H2,21,25,26). The molecule has 2 aromatic rings. The van der Waals surface area contributed by atoms with E-state index in [1.54, 1.807) is 26.0 Å². The highest BCUT2D eigenvalue weighted by Gasteiger charge is 2.23. The van der Waals surface area contributed by atoms with E-state index < -0.39 is 20.0 Å². The van der Waals surface area contributed by atoms with Crippen LogP contribution in [-0.4, -0.2) is 47.2 Å². The normalized spacial score (nSPS) is 12.0. The van der Waals surface area contributed by atoms with Crippen LogP contribution in [0.15, 0.2) is 52.3 Å². The second-order valence-corrected chi connectivity index (χ2v) is 10.2. The molecule has 3 N–H and O–H groups in total. The monoisotopic (exact) mass is 469 g/mol. The van der Waals surface area contributed by atoms with Crippen LogP contribution in [0.2, 0.25) is 0 Å². The van der Waals surface area contributed by atoms with E-state index in [0.29, 0.717) is 25.3 Å². The molecule has 9 nitrogen and oxygen atoms in total. The summed E-state index contributed by atoms with van der Waals surface area (Å²) in [4.78, 5) is 12.5. The van der Waals surface area contributed by atoms with Crippen molar-refractivity contribution in [3.63, 3.8) is 0 Å². The number of primary sulfonamides is 1. The average molecular weight is 470 g/mol. The molecule has 0 aromatic heterocycles. The van der Waals surface area contributed by atoms with Crippen molar-refractivity contribution in [2.75, 3.05) is 25.5 Å². The highest BCUT2D eigenvalue weighted by Crippen LogP contribution is 2.29. The van der Waals surface area contributed by atoms with Crippen LogP contribution in [0.3, 0.4) is 0 Å². The number of amides is 1. The molecule has 31 heavy (non-hydrogen) atoms. The van der Waals surface area contributed by atoms with Crippen molar-refractivity contribution in [3.05, 3.63) is 48.0 Å². The van der Waals surface area contributed by atoms with Gasteiger partial charge in [-0.15, -0.1) is 0 Å². The molecule has 0 saturated carbocycles. The van der Waals surface area contributed by atoms with E-state index in [1.165, 1.54) is 41.7 Å². The Morgan fingerprint density at radius 2 is 1.58 bits per heavy atom. The Morgan fingerprint density at radius 3 is 2.10 bits per heavy atom. The van der Waals surface area contributed by atoms with Gasteiger partial charge in [-0.3, -0.25) is 4.79 Å². The SMILES string of the molecule is CCN(CC)S(=O)(=O)c1ccc(OC)c(NC(=O)CCc2ccc(S(N)(=O)=O)cc2)c1. The smallest absolute Gasteiger partial charge is 0.243 e. The molecule has 0 fully saturated rings. The number of rotatable bonds is 10. The zero-order valence-electron chi connectivity index (χ0n) is 17.7. The number of nitrogens with one attached hydrogen (secondary N) is 1. The summed E-state index contributed by atoms with van der Waals surface area (Å²) in [5, 5.41) is 7.76. The van der Waals surface area contributed by atoms with E-state index in [2.05, 4.69) is 5.32 Å². The number of carbonyl (C=O) groups excluding carboxylic acids is 1. The van der Waals surface area contributed by atoms with Crippen LogP contribution in [-0.2, 0) is 31.3 Å². The molecule has 170 valence electrons. The summed E-state index contributed by atoms with van der Waals surface area (Å²) in [5.74, 6) is -0.00411. The molecule has 0 aliphatic rings. The summed E-state index contributed by atoms with van der Waals surface area (Å²) in [7, 11) is -6.03. The number of benzene rings is 2. The Balaban J connectivity index is 2.15. The number of methoxy groups -OCH3 is 1. The fourth-order valence-corrected chi connectivity index (χ4v) is 4.97. The highest BCUT2D eigenvalue weighted by atomic mass is 32.2. The molecule has 0 unspecified atom stereocenters. The second kappa shape index (κ2) is 10.2. The van der Waals surface area contributed by atoms with Gasteiger partial charge in [0.2, 0.25) is 26.0 Å². The van der Waals surface area contributed by atoms with Crippen molar-refractivity contribution in [3.8, 4) is 5.75 Å². The number of hydrogen-bond acceptors (Lipinski definition) is 6. The predicted molar refractivity (Wildman–Crippen MR) is 118 cm³/mol. The van der Waals surface area contributed by atoms with Crippen LogP contribution in [0.4, 0.5) is 5.69 Å². The van der Waals surface area contributed by atoms with Gasteiger partial charge in [0.1, 0.15) is 5.75 Å². The van der Waals surface area contributed by atoms with E-state index in [4.69, 9.17) is 9.88 Å². The summed E-state index contributed by atoms with van der Waals surface area (Å²) in [6, 6.07) is 10.3. The Bertz CT molecular complexity index is 1130. The maximum Gasteiger partial charge on any atom is 0.243 e. The predicted octanol–water partition coefficient (Wildman–Crippen LogP) is 1.94. The van der Waals surface area contributed by atoms with Gasteiger partial charge in [-0.1, -0.05) is 26.0 Å². The Hall–Kier alpha value is -2.47. The summed E-state index contributed by atoms with van der Waals surface area (Å²) in [5.41, 5.74) is 1.01. The third kappa shape index (κ3) is 6.26. The topological polar surface area (TPSA) is 136 Å².